The second kappa shape index (κ2) is 6.11. The molecule has 0 aliphatic heterocycles. The minimum absolute atomic E-state index is 0.106. The molecule has 3 rings (SSSR count). The first-order valence-corrected chi connectivity index (χ1v) is 9.42. The van der Waals surface area contributed by atoms with Crippen molar-refractivity contribution in [3.63, 3.8) is 0 Å². The molecule has 0 saturated carbocycles. The summed E-state index contributed by atoms with van der Waals surface area (Å²) in [5.74, 6) is 0.106. The summed E-state index contributed by atoms with van der Waals surface area (Å²) in [7, 11) is 0. The van der Waals surface area contributed by atoms with Crippen molar-refractivity contribution < 1.29 is 4.79 Å². The first-order chi connectivity index (χ1) is 11.8. The van der Waals surface area contributed by atoms with Gasteiger partial charge in [-0.3, -0.25) is 4.79 Å². The zero-order chi connectivity index (χ0) is 18.3. The number of ketones is 1. The Morgan fingerprint density at radius 2 is 1.72 bits per heavy atom. The summed E-state index contributed by atoms with van der Waals surface area (Å²) in [5.41, 5.74) is 0.769. The van der Waals surface area contributed by atoms with E-state index in [0.29, 0.717) is 24.8 Å². The number of hydrogen-bond acceptors (Lipinski definition) is 3. The van der Waals surface area contributed by atoms with Crippen LogP contribution in [0.2, 0.25) is 0 Å². The van der Waals surface area contributed by atoms with Gasteiger partial charge >= 0.3 is 0 Å². The molecule has 1 aromatic rings. The van der Waals surface area contributed by atoms with Gasteiger partial charge in [-0.1, -0.05) is 65.1 Å². The zero-order valence-corrected chi connectivity index (χ0v) is 16.5. The lowest BCUT2D eigenvalue weighted by molar-refractivity contribution is -0.126. The van der Waals surface area contributed by atoms with Crippen LogP contribution in [0.1, 0.15) is 38.7 Å². The maximum Gasteiger partial charge on any atom is 0.169 e. The van der Waals surface area contributed by atoms with Crippen molar-refractivity contribution in [1.29, 1.82) is 10.5 Å². The van der Waals surface area contributed by atoms with E-state index in [4.69, 9.17) is 0 Å². The van der Waals surface area contributed by atoms with Gasteiger partial charge in [-0.2, -0.15) is 10.5 Å². The van der Waals surface area contributed by atoms with Crippen LogP contribution in [0, 0.1) is 33.5 Å². The molecule has 0 heterocycles. The third-order valence-corrected chi connectivity index (χ3v) is 7.07. The Balaban J connectivity index is 2.39. The van der Waals surface area contributed by atoms with Crippen molar-refractivity contribution in [3.05, 3.63) is 59.2 Å². The van der Waals surface area contributed by atoms with E-state index < -0.39 is 14.3 Å². The highest BCUT2D eigenvalue weighted by Crippen LogP contribution is 2.57. The number of nitrogens with zero attached hydrogens (tertiary/aromatic N) is 2. The topological polar surface area (TPSA) is 64.7 Å². The molecule has 0 bridgehead atoms. The van der Waals surface area contributed by atoms with Gasteiger partial charge in [0.05, 0.1) is 15.6 Å². The molecule has 2 aliphatic rings. The third-order valence-electron chi connectivity index (χ3n) is 5.44. The van der Waals surface area contributed by atoms with Crippen LogP contribution in [0.25, 0.3) is 0 Å². The minimum Gasteiger partial charge on any atom is -0.299 e. The Morgan fingerprint density at radius 1 is 1.08 bits per heavy atom. The second-order valence-corrected chi connectivity index (χ2v) is 8.92. The molecule has 3 nitrogen and oxygen atoms in total. The van der Waals surface area contributed by atoms with Crippen molar-refractivity contribution in [1.82, 2.24) is 0 Å². The SMILES string of the molecule is CC1(C)C(=O)CCC2=C1C(C#N)(C#N)CC=C[C@@]2(I)c1ccccc1. The van der Waals surface area contributed by atoms with Crippen molar-refractivity contribution in [3.8, 4) is 12.1 Å². The number of nitriles is 2. The average Bonchev–Trinajstić information content (AvgIpc) is 2.75. The molecule has 0 aromatic heterocycles. The lowest BCUT2D eigenvalue weighted by Gasteiger charge is -2.42. The fourth-order valence-electron chi connectivity index (χ4n) is 4.13. The highest BCUT2D eigenvalue weighted by Gasteiger charge is 2.53. The van der Waals surface area contributed by atoms with E-state index in [1.54, 1.807) is 0 Å². The van der Waals surface area contributed by atoms with Crippen molar-refractivity contribution >= 4 is 28.4 Å². The Bertz CT molecular complexity index is 853. The van der Waals surface area contributed by atoms with Gasteiger partial charge in [-0.25, -0.2) is 0 Å². The number of hydrogen-bond donors (Lipinski definition) is 0. The van der Waals surface area contributed by atoms with Gasteiger partial charge in [0.1, 0.15) is 5.78 Å². The predicted octanol–water partition coefficient (Wildman–Crippen LogP) is 5.00. The van der Waals surface area contributed by atoms with E-state index in [9.17, 15) is 15.3 Å². The monoisotopic (exact) mass is 442 g/mol. The van der Waals surface area contributed by atoms with E-state index in [1.807, 2.05) is 38.1 Å². The lowest BCUT2D eigenvalue weighted by atomic mass is 9.60. The van der Waals surface area contributed by atoms with Crippen LogP contribution in [-0.4, -0.2) is 5.78 Å². The van der Waals surface area contributed by atoms with Crippen LogP contribution in [0.4, 0.5) is 0 Å². The molecule has 2 aliphatic carbocycles. The van der Waals surface area contributed by atoms with Crippen LogP contribution in [0.5, 0.6) is 0 Å². The summed E-state index contributed by atoms with van der Waals surface area (Å²) in [6, 6.07) is 14.6. The molecule has 126 valence electrons. The molecule has 0 radical (unpaired) electrons. The van der Waals surface area contributed by atoms with Crippen molar-refractivity contribution in [2.24, 2.45) is 10.8 Å². The van der Waals surface area contributed by atoms with Gasteiger partial charge in [0.2, 0.25) is 0 Å². The summed E-state index contributed by atoms with van der Waals surface area (Å²) in [5, 5.41) is 19.8. The number of Topliss-reactive ketones (excluding diaryl/α,β-unsaturated/α-hetero) is 1. The standard InChI is InChI=1S/C21H19IN2O/c1-19(2)17(25)10-9-16-18(19)20(13-23,14-24)11-6-12-21(16,22)15-7-4-3-5-8-15/h3-8,12H,9-11H2,1-2H3/t21-/m1/s1. The molecule has 1 atom stereocenters. The molecule has 0 saturated heterocycles. The van der Waals surface area contributed by atoms with E-state index >= 15 is 0 Å². The molecule has 4 heteroatoms. The quantitative estimate of drug-likeness (QED) is 0.350. The van der Waals surface area contributed by atoms with Crippen LogP contribution in [0.15, 0.2) is 53.6 Å². The maximum absolute atomic E-state index is 12.7. The Kier molecular flexibility index (Phi) is 4.37. The average molecular weight is 442 g/mol. The van der Waals surface area contributed by atoms with Gasteiger partial charge < -0.3 is 0 Å². The smallest absolute Gasteiger partial charge is 0.169 e. The van der Waals surface area contributed by atoms with Crippen molar-refractivity contribution in [2.45, 2.75) is 36.5 Å². The summed E-state index contributed by atoms with van der Waals surface area (Å²) in [4.78, 5) is 12.7. The molecular weight excluding hydrogens is 423 g/mol. The first-order valence-electron chi connectivity index (χ1n) is 8.34. The first kappa shape index (κ1) is 17.9. The maximum atomic E-state index is 12.7. The van der Waals surface area contributed by atoms with Crippen molar-refractivity contribution in [2.75, 3.05) is 0 Å². The molecule has 0 fully saturated rings. The van der Waals surface area contributed by atoms with Crippen LogP contribution >= 0.6 is 22.6 Å². The van der Waals surface area contributed by atoms with Crippen LogP contribution in [0.3, 0.4) is 0 Å². The normalized spacial score (nSPS) is 27.0. The fraction of sp³-hybridized carbons (Fsp3) is 0.381. The number of carbonyl (C=O) groups is 1. The van der Waals surface area contributed by atoms with E-state index in [1.165, 1.54) is 0 Å². The van der Waals surface area contributed by atoms with Gasteiger partial charge in [-0.05, 0) is 37.0 Å². The van der Waals surface area contributed by atoms with Gasteiger partial charge in [0, 0.05) is 18.3 Å². The third kappa shape index (κ3) is 2.55. The van der Waals surface area contributed by atoms with Crippen LogP contribution in [-0.2, 0) is 8.22 Å². The Hall–Kier alpha value is -1.92. The zero-order valence-electron chi connectivity index (χ0n) is 14.3. The molecule has 0 spiro atoms. The number of rotatable bonds is 1. The Labute approximate surface area is 162 Å². The highest BCUT2D eigenvalue weighted by atomic mass is 127. The van der Waals surface area contributed by atoms with Crippen LogP contribution < -0.4 is 0 Å². The molecule has 0 N–H and O–H groups in total. The fourth-order valence-corrected chi connectivity index (χ4v) is 5.28. The summed E-state index contributed by atoms with van der Waals surface area (Å²) < 4.78 is -0.443. The molecular formula is C21H19IN2O. The van der Waals surface area contributed by atoms with Gasteiger partial charge in [0.25, 0.3) is 0 Å². The van der Waals surface area contributed by atoms with Gasteiger partial charge in [0.15, 0.2) is 5.41 Å². The van der Waals surface area contributed by atoms with E-state index in [2.05, 4.69) is 52.9 Å². The predicted molar refractivity (Wildman–Crippen MR) is 105 cm³/mol. The number of allylic oxidation sites excluding steroid dienone is 4. The number of benzene rings is 1. The summed E-state index contributed by atoms with van der Waals surface area (Å²) >= 11 is 2.41. The highest BCUT2D eigenvalue weighted by molar-refractivity contribution is 14.1. The summed E-state index contributed by atoms with van der Waals surface area (Å²) in [6.45, 7) is 3.72. The largest absolute Gasteiger partial charge is 0.299 e. The van der Waals surface area contributed by atoms with Gasteiger partial charge in [-0.15, -0.1) is 0 Å². The Morgan fingerprint density at radius 3 is 2.32 bits per heavy atom. The number of halogens is 1. The number of carbonyl (C=O) groups excluding carboxylic acids is 1. The second-order valence-electron chi connectivity index (χ2n) is 7.21. The number of alkyl halides is 1. The molecule has 0 amide bonds. The van der Waals surface area contributed by atoms with E-state index in [-0.39, 0.29) is 5.78 Å². The molecule has 1 aromatic carbocycles. The summed E-state index contributed by atoms with van der Waals surface area (Å²) in [6.07, 6.45) is 5.38. The lowest BCUT2D eigenvalue weighted by Crippen LogP contribution is -2.41. The minimum atomic E-state index is -1.28. The molecule has 25 heavy (non-hydrogen) atoms. The van der Waals surface area contributed by atoms with E-state index in [0.717, 1.165) is 11.1 Å². The molecule has 0 unspecified atom stereocenters.